The quantitative estimate of drug-likeness (QED) is 0.182. The number of rotatable bonds is 9. The number of carbonyl (C=O) groups is 4. The van der Waals surface area contributed by atoms with E-state index in [2.05, 4.69) is 0 Å². The second-order valence-electron chi connectivity index (χ2n) is 9.65. The van der Waals surface area contributed by atoms with Gasteiger partial charge in [-0.05, 0) is 42.3 Å². The van der Waals surface area contributed by atoms with Crippen LogP contribution in [0.3, 0.4) is 0 Å². The number of nitro benzene ring substituents is 1. The van der Waals surface area contributed by atoms with E-state index in [0.29, 0.717) is 18.7 Å². The molecule has 2 aromatic rings. The summed E-state index contributed by atoms with van der Waals surface area (Å²) >= 11 is 0. The van der Waals surface area contributed by atoms with Crippen molar-refractivity contribution in [1.29, 1.82) is 0 Å². The molecule has 42 heavy (non-hydrogen) atoms. The topological polar surface area (TPSA) is 170 Å². The first-order chi connectivity index (χ1) is 19.9. The molecule has 0 saturated carbocycles. The van der Waals surface area contributed by atoms with Crippen molar-refractivity contribution in [2.24, 2.45) is 0 Å². The number of nitrogens with zero attached hydrogens (tertiary/aromatic N) is 2. The number of anilines is 2. The van der Waals surface area contributed by atoms with Crippen LogP contribution in [0.15, 0.2) is 42.5 Å². The summed E-state index contributed by atoms with van der Waals surface area (Å²) in [6.07, 6.45) is -5.85. The lowest BCUT2D eigenvalue weighted by Gasteiger charge is -2.43. The van der Waals surface area contributed by atoms with Crippen LogP contribution in [0.1, 0.15) is 33.3 Å². The van der Waals surface area contributed by atoms with Crippen LogP contribution in [-0.2, 0) is 49.3 Å². The normalized spacial score (nSPS) is 22.9. The molecule has 1 saturated heterocycles. The van der Waals surface area contributed by atoms with E-state index in [0.717, 1.165) is 37.7 Å². The molecule has 0 amide bonds. The molecule has 0 spiro atoms. The SMILES string of the molecule is CC(=O)OCC1O[C@H](Oc2ccc(N3CCc4cc([N+](=O)[O-])ccc43)cc2)C(OC(C)=O)C(OC(C)=O)[C@@H]1OC(C)=O. The fourth-order valence-corrected chi connectivity index (χ4v) is 4.89. The van der Waals surface area contributed by atoms with Gasteiger partial charge in [-0.2, -0.15) is 0 Å². The lowest BCUT2D eigenvalue weighted by Crippen LogP contribution is -2.63. The van der Waals surface area contributed by atoms with Gasteiger partial charge in [0.05, 0.1) is 4.92 Å². The van der Waals surface area contributed by atoms with Crippen LogP contribution in [0.2, 0.25) is 0 Å². The summed E-state index contributed by atoms with van der Waals surface area (Å²) in [6.45, 7) is 4.85. The maximum Gasteiger partial charge on any atom is 0.303 e. The molecule has 2 aromatic carbocycles. The predicted octanol–water partition coefficient (Wildman–Crippen LogP) is 2.75. The number of benzene rings is 2. The third kappa shape index (κ3) is 7.13. The maximum absolute atomic E-state index is 12.0. The number of hydrogen-bond acceptors (Lipinski definition) is 13. The first kappa shape index (κ1) is 30.2. The smallest absolute Gasteiger partial charge is 0.303 e. The van der Waals surface area contributed by atoms with Crippen molar-refractivity contribution < 1.29 is 52.5 Å². The Hall–Kier alpha value is -4.72. The lowest BCUT2D eigenvalue weighted by atomic mass is 9.98. The molecule has 5 atom stereocenters. The van der Waals surface area contributed by atoms with Crippen molar-refractivity contribution in [2.75, 3.05) is 18.1 Å². The van der Waals surface area contributed by atoms with E-state index in [1.165, 1.54) is 13.0 Å². The summed E-state index contributed by atoms with van der Waals surface area (Å²) in [4.78, 5) is 60.2. The molecule has 0 N–H and O–H groups in total. The van der Waals surface area contributed by atoms with E-state index in [9.17, 15) is 29.3 Å². The molecule has 14 heteroatoms. The molecule has 224 valence electrons. The van der Waals surface area contributed by atoms with Gasteiger partial charge in [0.15, 0.2) is 12.2 Å². The molecule has 3 unspecified atom stereocenters. The predicted molar refractivity (Wildman–Crippen MR) is 143 cm³/mol. The minimum absolute atomic E-state index is 0.0316. The molecule has 2 aliphatic rings. The maximum atomic E-state index is 12.0. The van der Waals surface area contributed by atoms with Crippen molar-refractivity contribution in [2.45, 2.75) is 64.8 Å². The Bertz CT molecular complexity index is 1360. The fourth-order valence-electron chi connectivity index (χ4n) is 4.89. The van der Waals surface area contributed by atoms with Gasteiger partial charge in [0.1, 0.15) is 18.5 Å². The first-order valence-electron chi connectivity index (χ1n) is 13.0. The Morgan fingerprint density at radius 1 is 0.881 bits per heavy atom. The standard InChI is InChI=1S/C28H30N2O12/c1-15(31)37-14-24-25(38-16(2)32)26(39-17(3)33)27(40-18(4)34)28(42-24)41-22-8-5-20(6-9-22)29-12-11-19-13-21(30(35)36)7-10-23(19)29/h5-10,13,24-28H,11-12,14H2,1-4H3/t24?,25-,26?,27?,28+/m1/s1. The highest BCUT2D eigenvalue weighted by Crippen LogP contribution is 2.37. The zero-order valence-corrected chi connectivity index (χ0v) is 23.3. The zero-order chi connectivity index (χ0) is 30.6. The second kappa shape index (κ2) is 12.9. The second-order valence-corrected chi connectivity index (χ2v) is 9.65. The van der Waals surface area contributed by atoms with Gasteiger partial charge in [-0.1, -0.05) is 0 Å². The van der Waals surface area contributed by atoms with Crippen LogP contribution >= 0.6 is 0 Å². The minimum Gasteiger partial charge on any atom is -0.463 e. The van der Waals surface area contributed by atoms with E-state index in [-0.39, 0.29) is 12.3 Å². The Balaban J connectivity index is 1.59. The number of carbonyl (C=O) groups excluding carboxylic acids is 4. The third-order valence-corrected chi connectivity index (χ3v) is 6.52. The van der Waals surface area contributed by atoms with Crippen LogP contribution in [0.5, 0.6) is 5.75 Å². The Kier molecular flexibility index (Phi) is 9.25. The van der Waals surface area contributed by atoms with Crippen LogP contribution in [0, 0.1) is 10.1 Å². The monoisotopic (exact) mass is 586 g/mol. The number of esters is 4. The van der Waals surface area contributed by atoms with Gasteiger partial charge in [-0.15, -0.1) is 0 Å². The summed E-state index contributed by atoms with van der Waals surface area (Å²) in [6, 6.07) is 11.6. The largest absolute Gasteiger partial charge is 0.463 e. The number of ether oxygens (including phenoxy) is 6. The number of non-ortho nitro benzene ring substituents is 1. The van der Waals surface area contributed by atoms with E-state index < -0.39 is 59.5 Å². The van der Waals surface area contributed by atoms with Gasteiger partial charge >= 0.3 is 23.9 Å². The molecule has 14 nitrogen and oxygen atoms in total. The van der Waals surface area contributed by atoms with E-state index >= 15 is 0 Å². The molecule has 0 radical (unpaired) electrons. The number of nitro groups is 1. The zero-order valence-electron chi connectivity index (χ0n) is 23.3. The van der Waals surface area contributed by atoms with Crippen LogP contribution < -0.4 is 9.64 Å². The van der Waals surface area contributed by atoms with Crippen LogP contribution in [0.4, 0.5) is 17.1 Å². The summed E-state index contributed by atoms with van der Waals surface area (Å²) in [5, 5.41) is 11.1. The molecule has 1 fully saturated rings. The average Bonchev–Trinajstić information content (AvgIpc) is 3.34. The van der Waals surface area contributed by atoms with Gasteiger partial charge in [0, 0.05) is 57.7 Å². The van der Waals surface area contributed by atoms with Crippen molar-refractivity contribution in [3.05, 3.63) is 58.1 Å². The molecule has 0 bridgehead atoms. The number of fused-ring (bicyclic) bond motifs is 1. The minimum atomic E-state index is -1.36. The van der Waals surface area contributed by atoms with Crippen LogP contribution in [-0.4, -0.2) is 72.7 Å². The molecule has 0 aliphatic carbocycles. The van der Waals surface area contributed by atoms with Gasteiger partial charge in [-0.25, -0.2) is 0 Å². The molecular weight excluding hydrogens is 556 g/mol. The van der Waals surface area contributed by atoms with Gasteiger partial charge in [0.25, 0.3) is 5.69 Å². The van der Waals surface area contributed by atoms with E-state index in [1.807, 2.05) is 4.90 Å². The molecule has 2 aliphatic heterocycles. The highest BCUT2D eigenvalue weighted by atomic mass is 16.7. The van der Waals surface area contributed by atoms with Gasteiger partial charge in [-0.3, -0.25) is 29.3 Å². The Morgan fingerprint density at radius 2 is 1.50 bits per heavy atom. The Labute approximate surface area is 240 Å². The van der Waals surface area contributed by atoms with Crippen molar-refractivity contribution >= 4 is 40.9 Å². The fraction of sp³-hybridized carbons (Fsp3) is 0.429. The molecule has 0 aromatic heterocycles. The summed E-state index contributed by atoms with van der Waals surface area (Å²) in [5.74, 6) is -2.55. The van der Waals surface area contributed by atoms with Crippen molar-refractivity contribution in [3.8, 4) is 5.75 Å². The lowest BCUT2D eigenvalue weighted by molar-refractivity contribution is -0.384. The van der Waals surface area contributed by atoms with Crippen molar-refractivity contribution in [1.82, 2.24) is 0 Å². The van der Waals surface area contributed by atoms with Gasteiger partial charge < -0.3 is 33.3 Å². The summed E-state index contributed by atoms with van der Waals surface area (Å²) in [5.41, 5.74) is 2.55. The molecule has 2 heterocycles. The Morgan fingerprint density at radius 3 is 2.10 bits per heavy atom. The first-order valence-corrected chi connectivity index (χ1v) is 13.0. The van der Waals surface area contributed by atoms with Crippen LogP contribution in [0.25, 0.3) is 0 Å². The van der Waals surface area contributed by atoms with E-state index in [4.69, 9.17) is 28.4 Å². The summed E-state index contributed by atoms with van der Waals surface area (Å²) < 4.78 is 33.3. The van der Waals surface area contributed by atoms with Crippen molar-refractivity contribution in [3.63, 3.8) is 0 Å². The molecule has 4 rings (SSSR count). The highest BCUT2D eigenvalue weighted by molar-refractivity contribution is 5.72. The van der Waals surface area contributed by atoms with E-state index in [1.54, 1.807) is 36.4 Å². The average molecular weight is 587 g/mol. The summed E-state index contributed by atoms with van der Waals surface area (Å²) in [7, 11) is 0. The third-order valence-electron chi connectivity index (χ3n) is 6.52. The van der Waals surface area contributed by atoms with Gasteiger partial charge in [0.2, 0.25) is 12.4 Å². The molecular formula is C28H30N2O12. The highest BCUT2D eigenvalue weighted by Gasteiger charge is 2.53. The number of hydrogen-bond donors (Lipinski definition) is 0.